The predicted molar refractivity (Wildman–Crippen MR) is 56.3 cm³/mol. The van der Waals surface area contributed by atoms with Crippen LogP contribution in [0.15, 0.2) is 6.20 Å². The lowest BCUT2D eigenvalue weighted by molar-refractivity contribution is -0.122. The van der Waals surface area contributed by atoms with Crippen molar-refractivity contribution in [3.05, 3.63) is 17.5 Å². The Balaban J connectivity index is 2.36. The average molecular weight is 211 g/mol. The van der Waals surface area contributed by atoms with E-state index in [9.17, 15) is 4.79 Å². The molecule has 1 rings (SSSR count). The largest absolute Gasteiger partial charge is 0.384 e. The maximum atomic E-state index is 11.3. The normalized spacial score (nSPS) is 10.3. The van der Waals surface area contributed by atoms with Gasteiger partial charge < -0.3 is 10.1 Å². The van der Waals surface area contributed by atoms with E-state index >= 15 is 0 Å². The molecule has 15 heavy (non-hydrogen) atoms. The molecule has 0 spiro atoms. The van der Waals surface area contributed by atoms with Crippen molar-refractivity contribution < 1.29 is 9.53 Å². The zero-order valence-corrected chi connectivity index (χ0v) is 9.41. The molecule has 0 fully saturated rings. The fraction of sp³-hybridized carbons (Fsp3) is 0.600. The highest BCUT2D eigenvalue weighted by Crippen LogP contribution is 2.03. The molecule has 1 aromatic heterocycles. The first-order valence-corrected chi connectivity index (χ1v) is 4.88. The standard InChI is InChI=1S/C10H17N3O2/c1-8-9(7-13(2)12-8)6-11-10(14)4-5-15-3/h7H,4-6H2,1-3H3,(H,11,14). The van der Waals surface area contributed by atoms with Crippen LogP contribution in [-0.4, -0.2) is 29.4 Å². The zero-order valence-electron chi connectivity index (χ0n) is 9.41. The number of methoxy groups -OCH3 is 1. The van der Waals surface area contributed by atoms with E-state index in [-0.39, 0.29) is 5.91 Å². The summed E-state index contributed by atoms with van der Waals surface area (Å²) in [5.41, 5.74) is 1.99. The summed E-state index contributed by atoms with van der Waals surface area (Å²) in [4.78, 5) is 11.3. The van der Waals surface area contributed by atoms with E-state index < -0.39 is 0 Å². The van der Waals surface area contributed by atoms with Gasteiger partial charge in [0.15, 0.2) is 0 Å². The molecule has 0 aliphatic carbocycles. The first-order chi connectivity index (χ1) is 7.13. The lowest BCUT2D eigenvalue weighted by Gasteiger charge is -2.03. The van der Waals surface area contributed by atoms with Crippen molar-refractivity contribution in [2.45, 2.75) is 19.9 Å². The van der Waals surface area contributed by atoms with Crippen molar-refractivity contribution in [1.82, 2.24) is 15.1 Å². The number of rotatable bonds is 5. The van der Waals surface area contributed by atoms with Crippen LogP contribution in [0.25, 0.3) is 0 Å². The fourth-order valence-electron chi connectivity index (χ4n) is 1.30. The van der Waals surface area contributed by atoms with Crippen LogP contribution < -0.4 is 5.32 Å². The number of hydrogen-bond donors (Lipinski definition) is 1. The summed E-state index contributed by atoms with van der Waals surface area (Å²) in [6, 6.07) is 0. The van der Waals surface area contributed by atoms with Gasteiger partial charge in [0.2, 0.25) is 5.91 Å². The second kappa shape index (κ2) is 5.50. The molecule has 0 saturated carbocycles. The zero-order chi connectivity index (χ0) is 11.3. The number of nitrogens with zero attached hydrogens (tertiary/aromatic N) is 2. The quantitative estimate of drug-likeness (QED) is 0.766. The van der Waals surface area contributed by atoms with Gasteiger partial charge in [0.05, 0.1) is 12.3 Å². The van der Waals surface area contributed by atoms with E-state index in [0.29, 0.717) is 19.6 Å². The fourth-order valence-corrected chi connectivity index (χ4v) is 1.30. The number of carbonyl (C=O) groups is 1. The van der Waals surface area contributed by atoms with Gasteiger partial charge in [0.25, 0.3) is 0 Å². The molecule has 5 heteroatoms. The summed E-state index contributed by atoms with van der Waals surface area (Å²) < 4.78 is 6.56. The molecule has 1 amide bonds. The summed E-state index contributed by atoms with van der Waals surface area (Å²) >= 11 is 0. The van der Waals surface area contributed by atoms with Gasteiger partial charge in [-0.2, -0.15) is 5.10 Å². The van der Waals surface area contributed by atoms with Crippen molar-refractivity contribution in [3.63, 3.8) is 0 Å². The number of ether oxygens (including phenoxy) is 1. The topological polar surface area (TPSA) is 56.1 Å². The summed E-state index contributed by atoms with van der Waals surface area (Å²) in [5, 5.41) is 7.01. The number of aryl methyl sites for hydroxylation is 2. The van der Waals surface area contributed by atoms with E-state index in [2.05, 4.69) is 10.4 Å². The summed E-state index contributed by atoms with van der Waals surface area (Å²) in [7, 11) is 3.45. The molecule has 0 aromatic carbocycles. The van der Waals surface area contributed by atoms with Gasteiger partial charge in [-0.3, -0.25) is 9.48 Å². The summed E-state index contributed by atoms with van der Waals surface area (Å²) in [6.07, 6.45) is 2.31. The third-order valence-corrected chi connectivity index (χ3v) is 2.12. The highest BCUT2D eigenvalue weighted by atomic mass is 16.5. The molecule has 0 radical (unpaired) electrons. The first-order valence-electron chi connectivity index (χ1n) is 4.88. The molecular formula is C10H17N3O2. The summed E-state index contributed by atoms with van der Waals surface area (Å²) in [6.45, 7) is 2.91. The highest BCUT2D eigenvalue weighted by Gasteiger charge is 2.05. The van der Waals surface area contributed by atoms with Gasteiger partial charge >= 0.3 is 0 Å². The van der Waals surface area contributed by atoms with Crippen LogP contribution in [0.5, 0.6) is 0 Å². The molecule has 0 unspecified atom stereocenters. The van der Waals surface area contributed by atoms with E-state index in [1.165, 1.54) is 0 Å². The van der Waals surface area contributed by atoms with Crippen LogP contribution in [0.4, 0.5) is 0 Å². The number of hydrogen-bond acceptors (Lipinski definition) is 3. The van der Waals surface area contributed by atoms with Crippen LogP contribution in [0.3, 0.4) is 0 Å². The Kier molecular flexibility index (Phi) is 4.30. The third kappa shape index (κ3) is 3.71. The van der Waals surface area contributed by atoms with Gasteiger partial charge in [-0.1, -0.05) is 0 Å². The van der Waals surface area contributed by atoms with Crippen molar-refractivity contribution in [3.8, 4) is 0 Å². The highest BCUT2D eigenvalue weighted by molar-refractivity contribution is 5.75. The SMILES string of the molecule is COCCC(=O)NCc1cn(C)nc1C. The molecule has 1 heterocycles. The van der Waals surface area contributed by atoms with E-state index in [1.807, 2.05) is 20.2 Å². The van der Waals surface area contributed by atoms with Gasteiger partial charge in [-0.05, 0) is 6.92 Å². The van der Waals surface area contributed by atoms with Crippen molar-refractivity contribution in [1.29, 1.82) is 0 Å². The monoisotopic (exact) mass is 211 g/mol. The van der Waals surface area contributed by atoms with Crippen LogP contribution in [0, 0.1) is 6.92 Å². The Morgan fingerprint density at radius 1 is 1.67 bits per heavy atom. The molecular weight excluding hydrogens is 194 g/mol. The van der Waals surface area contributed by atoms with Gasteiger partial charge in [-0.15, -0.1) is 0 Å². The minimum atomic E-state index is 0.0000954. The van der Waals surface area contributed by atoms with E-state index in [4.69, 9.17) is 4.74 Å². The third-order valence-electron chi connectivity index (χ3n) is 2.12. The van der Waals surface area contributed by atoms with Crippen LogP contribution in [0.2, 0.25) is 0 Å². The number of amides is 1. The Morgan fingerprint density at radius 2 is 2.40 bits per heavy atom. The lowest BCUT2D eigenvalue weighted by Crippen LogP contribution is -2.23. The second-order valence-electron chi connectivity index (χ2n) is 3.43. The molecule has 0 bridgehead atoms. The lowest BCUT2D eigenvalue weighted by atomic mass is 10.2. The average Bonchev–Trinajstić information content (AvgIpc) is 2.51. The predicted octanol–water partition coefficient (Wildman–Crippen LogP) is 0.381. The van der Waals surface area contributed by atoms with Crippen LogP contribution in [0.1, 0.15) is 17.7 Å². The van der Waals surface area contributed by atoms with Crippen molar-refractivity contribution in [2.75, 3.05) is 13.7 Å². The van der Waals surface area contributed by atoms with E-state index in [0.717, 1.165) is 11.3 Å². The second-order valence-corrected chi connectivity index (χ2v) is 3.43. The van der Waals surface area contributed by atoms with Crippen molar-refractivity contribution in [2.24, 2.45) is 7.05 Å². The molecule has 1 N–H and O–H groups in total. The summed E-state index contributed by atoms with van der Waals surface area (Å²) in [5.74, 6) is 0.0000954. The minimum Gasteiger partial charge on any atom is -0.384 e. The molecule has 0 aliphatic rings. The maximum absolute atomic E-state index is 11.3. The number of nitrogens with one attached hydrogen (secondary N) is 1. The van der Waals surface area contributed by atoms with Gasteiger partial charge in [-0.25, -0.2) is 0 Å². The number of aromatic nitrogens is 2. The Labute approximate surface area is 89.4 Å². The molecule has 5 nitrogen and oxygen atoms in total. The molecule has 84 valence electrons. The Morgan fingerprint density at radius 3 is 2.93 bits per heavy atom. The van der Waals surface area contributed by atoms with Crippen LogP contribution >= 0.6 is 0 Å². The number of carbonyl (C=O) groups excluding carboxylic acids is 1. The van der Waals surface area contributed by atoms with Crippen LogP contribution in [-0.2, 0) is 23.1 Å². The first kappa shape index (κ1) is 11.7. The Bertz CT molecular complexity index is 333. The maximum Gasteiger partial charge on any atom is 0.222 e. The Hall–Kier alpha value is -1.36. The smallest absolute Gasteiger partial charge is 0.222 e. The molecule has 0 atom stereocenters. The van der Waals surface area contributed by atoms with Gasteiger partial charge in [0, 0.05) is 38.9 Å². The molecule has 1 aromatic rings. The van der Waals surface area contributed by atoms with Crippen molar-refractivity contribution >= 4 is 5.91 Å². The molecule has 0 saturated heterocycles. The minimum absolute atomic E-state index is 0.0000954. The molecule has 0 aliphatic heterocycles. The van der Waals surface area contributed by atoms with Gasteiger partial charge in [0.1, 0.15) is 0 Å². The van der Waals surface area contributed by atoms with E-state index in [1.54, 1.807) is 11.8 Å².